The highest BCUT2D eigenvalue weighted by Gasteiger charge is 2.27. The van der Waals surface area contributed by atoms with Crippen molar-refractivity contribution in [3.05, 3.63) is 117 Å². The number of hydrogen-bond donors (Lipinski definition) is 1. The van der Waals surface area contributed by atoms with Gasteiger partial charge in [-0.25, -0.2) is 4.79 Å². The first-order valence-electron chi connectivity index (χ1n) is 13.4. The molecule has 0 amide bonds. The van der Waals surface area contributed by atoms with Crippen LogP contribution in [0.5, 0.6) is 0 Å². The van der Waals surface area contributed by atoms with Gasteiger partial charge in [-0.1, -0.05) is 92.5 Å². The first-order chi connectivity index (χ1) is 18.5. The number of hydrogen-bond acceptors (Lipinski definition) is 1. The number of carbonyl (C=O) groups is 1. The smallest absolute Gasteiger partial charge is 0.335 e. The summed E-state index contributed by atoms with van der Waals surface area (Å²) in [6.45, 7) is 5.00. The summed E-state index contributed by atoms with van der Waals surface area (Å²) in [7, 11) is 0. The summed E-state index contributed by atoms with van der Waals surface area (Å²) in [5, 5.41) is 11.6. The minimum absolute atomic E-state index is 0.296. The number of rotatable bonds is 7. The predicted molar refractivity (Wildman–Crippen MR) is 157 cm³/mol. The Morgan fingerprint density at radius 3 is 2.45 bits per heavy atom. The summed E-state index contributed by atoms with van der Waals surface area (Å²) in [5.74, 6) is -0.916. The van der Waals surface area contributed by atoms with E-state index in [9.17, 15) is 9.90 Å². The van der Waals surface area contributed by atoms with E-state index in [1.165, 1.54) is 44.6 Å². The van der Waals surface area contributed by atoms with E-state index in [0.717, 1.165) is 47.2 Å². The molecule has 0 spiro atoms. The lowest BCUT2D eigenvalue weighted by molar-refractivity contribution is 0.0697. The highest BCUT2D eigenvalue weighted by molar-refractivity contribution is 6.31. The van der Waals surface area contributed by atoms with Gasteiger partial charge in [0, 0.05) is 28.2 Å². The van der Waals surface area contributed by atoms with Gasteiger partial charge in [-0.15, -0.1) is 0 Å². The Labute approximate surface area is 228 Å². The van der Waals surface area contributed by atoms with Gasteiger partial charge in [0.25, 0.3) is 0 Å². The van der Waals surface area contributed by atoms with Crippen LogP contribution < -0.4 is 0 Å². The molecule has 3 nitrogen and oxygen atoms in total. The predicted octanol–water partition coefficient (Wildman–Crippen LogP) is 8.79. The van der Waals surface area contributed by atoms with Crippen LogP contribution in [0.25, 0.3) is 33.2 Å². The van der Waals surface area contributed by atoms with Crippen LogP contribution >= 0.6 is 11.6 Å². The van der Waals surface area contributed by atoms with Crippen molar-refractivity contribution in [1.29, 1.82) is 0 Å². The SMILES string of the molecule is CCCc1c(-c2cc(CC)cc3c2Cc2ccccc2-3)c2ccc(C(=O)O)cc2n1Cc1ccccc1Cl. The molecule has 38 heavy (non-hydrogen) atoms. The molecule has 1 aromatic heterocycles. The number of carboxylic acid groups (broad SMARTS) is 1. The van der Waals surface area contributed by atoms with Gasteiger partial charge < -0.3 is 9.67 Å². The molecule has 0 atom stereocenters. The normalized spacial score (nSPS) is 12.1. The van der Waals surface area contributed by atoms with Crippen LogP contribution in [-0.2, 0) is 25.8 Å². The van der Waals surface area contributed by atoms with E-state index in [0.29, 0.717) is 12.1 Å². The molecular weight excluding hydrogens is 490 g/mol. The topological polar surface area (TPSA) is 42.2 Å². The minimum atomic E-state index is -0.916. The van der Waals surface area contributed by atoms with Crippen molar-refractivity contribution in [2.75, 3.05) is 0 Å². The summed E-state index contributed by atoms with van der Waals surface area (Å²) < 4.78 is 2.30. The van der Waals surface area contributed by atoms with Gasteiger partial charge in [0.2, 0.25) is 0 Å². The Bertz CT molecular complexity index is 1710. The maximum absolute atomic E-state index is 12.0. The quantitative estimate of drug-likeness (QED) is 0.229. The number of nitrogens with zero attached hydrogens (tertiary/aromatic N) is 1. The zero-order chi connectivity index (χ0) is 26.4. The first kappa shape index (κ1) is 24.5. The minimum Gasteiger partial charge on any atom is -0.478 e. The molecule has 1 N–H and O–H groups in total. The second-order valence-corrected chi connectivity index (χ2v) is 10.6. The van der Waals surface area contributed by atoms with Gasteiger partial charge in [0.05, 0.1) is 11.1 Å². The van der Waals surface area contributed by atoms with Gasteiger partial charge in [0.15, 0.2) is 0 Å². The molecule has 0 unspecified atom stereocenters. The van der Waals surface area contributed by atoms with Gasteiger partial charge >= 0.3 is 5.97 Å². The van der Waals surface area contributed by atoms with E-state index in [1.54, 1.807) is 6.07 Å². The second-order valence-electron chi connectivity index (χ2n) is 10.1. The Morgan fingerprint density at radius 2 is 1.68 bits per heavy atom. The van der Waals surface area contributed by atoms with Crippen molar-refractivity contribution >= 4 is 28.5 Å². The molecule has 1 aliphatic carbocycles. The van der Waals surface area contributed by atoms with Gasteiger partial charge in [0.1, 0.15) is 0 Å². The Morgan fingerprint density at radius 1 is 0.921 bits per heavy atom. The van der Waals surface area contributed by atoms with Gasteiger partial charge in [-0.2, -0.15) is 0 Å². The number of fused-ring (bicyclic) bond motifs is 4. The summed E-state index contributed by atoms with van der Waals surface area (Å²) in [5.41, 5.74) is 12.7. The van der Waals surface area contributed by atoms with E-state index >= 15 is 0 Å². The molecular formula is C34H30ClNO2. The average molecular weight is 520 g/mol. The molecule has 0 radical (unpaired) electrons. The standard InChI is InChI=1S/C34H30ClNO2/c1-3-9-31-33(29-17-21(4-2)16-27-25-12-7-5-10-22(25)18-28(27)29)26-15-14-23(34(37)38)19-32(26)36(31)20-24-11-6-8-13-30(24)35/h5-8,10-17,19H,3-4,9,18,20H2,1-2H3,(H,37,38). The van der Waals surface area contributed by atoms with E-state index in [2.05, 4.69) is 60.9 Å². The number of aromatic nitrogens is 1. The third-order valence-corrected chi connectivity index (χ3v) is 8.22. The van der Waals surface area contributed by atoms with Crippen LogP contribution in [0.15, 0.2) is 78.9 Å². The third kappa shape index (κ3) is 4.02. The van der Waals surface area contributed by atoms with Crippen LogP contribution in [0.2, 0.25) is 5.02 Å². The molecule has 0 saturated carbocycles. The molecule has 5 aromatic rings. The van der Waals surface area contributed by atoms with E-state index in [-0.39, 0.29) is 0 Å². The van der Waals surface area contributed by atoms with Crippen LogP contribution in [0.1, 0.15) is 58.6 Å². The largest absolute Gasteiger partial charge is 0.478 e. The summed E-state index contributed by atoms with van der Waals surface area (Å²) in [6, 6.07) is 26.9. The van der Waals surface area contributed by atoms with Crippen LogP contribution in [0.4, 0.5) is 0 Å². The van der Waals surface area contributed by atoms with E-state index < -0.39 is 5.97 Å². The first-order valence-corrected chi connectivity index (χ1v) is 13.7. The average Bonchev–Trinajstić information content (AvgIpc) is 3.45. The third-order valence-electron chi connectivity index (χ3n) is 7.85. The van der Waals surface area contributed by atoms with Crippen LogP contribution in [-0.4, -0.2) is 15.6 Å². The fourth-order valence-electron chi connectivity index (χ4n) is 6.03. The maximum atomic E-state index is 12.0. The molecule has 4 heteroatoms. The second kappa shape index (κ2) is 9.81. The van der Waals surface area contributed by atoms with Gasteiger partial charge in [-0.05, 0) is 76.4 Å². The highest BCUT2D eigenvalue weighted by atomic mass is 35.5. The van der Waals surface area contributed by atoms with Crippen molar-refractivity contribution in [3.8, 4) is 22.3 Å². The highest BCUT2D eigenvalue weighted by Crippen LogP contribution is 2.46. The van der Waals surface area contributed by atoms with Crippen molar-refractivity contribution in [2.24, 2.45) is 0 Å². The van der Waals surface area contributed by atoms with E-state index in [4.69, 9.17) is 11.6 Å². The molecule has 1 aliphatic rings. The number of aryl methyl sites for hydroxylation is 1. The number of halogens is 1. The lowest BCUT2D eigenvalue weighted by atomic mass is 9.90. The Balaban J connectivity index is 1.68. The lowest BCUT2D eigenvalue weighted by Gasteiger charge is -2.16. The molecule has 6 rings (SSSR count). The molecule has 0 fully saturated rings. The maximum Gasteiger partial charge on any atom is 0.335 e. The Hall–Kier alpha value is -3.82. The number of aromatic carboxylic acids is 1. The van der Waals surface area contributed by atoms with Crippen molar-refractivity contribution in [2.45, 2.75) is 46.1 Å². The lowest BCUT2D eigenvalue weighted by Crippen LogP contribution is -2.06. The Kier molecular flexibility index (Phi) is 6.33. The van der Waals surface area contributed by atoms with Crippen LogP contribution in [0.3, 0.4) is 0 Å². The number of benzene rings is 4. The molecule has 1 heterocycles. The molecule has 0 saturated heterocycles. The monoisotopic (exact) mass is 519 g/mol. The fourth-order valence-corrected chi connectivity index (χ4v) is 6.22. The molecule has 0 bridgehead atoms. The summed E-state index contributed by atoms with van der Waals surface area (Å²) in [4.78, 5) is 12.0. The summed E-state index contributed by atoms with van der Waals surface area (Å²) >= 11 is 6.62. The molecule has 190 valence electrons. The zero-order valence-corrected chi connectivity index (χ0v) is 22.5. The zero-order valence-electron chi connectivity index (χ0n) is 21.7. The van der Waals surface area contributed by atoms with Crippen LogP contribution in [0, 0.1) is 0 Å². The summed E-state index contributed by atoms with van der Waals surface area (Å²) in [6.07, 6.45) is 3.72. The number of carboxylic acids is 1. The fraction of sp³-hybridized carbons (Fsp3) is 0.206. The van der Waals surface area contributed by atoms with Crippen molar-refractivity contribution in [3.63, 3.8) is 0 Å². The van der Waals surface area contributed by atoms with Crippen molar-refractivity contribution in [1.82, 2.24) is 4.57 Å². The molecule has 4 aromatic carbocycles. The van der Waals surface area contributed by atoms with E-state index in [1.807, 2.05) is 30.3 Å². The van der Waals surface area contributed by atoms with Gasteiger partial charge in [-0.3, -0.25) is 0 Å². The molecule has 0 aliphatic heterocycles. The van der Waals surface area contributed by atoms with Crippen molar-refractivity contribution < 1.29 is 9.90 Å².